The van der Waals surface area contributed by atoms with Crippen molar-refractivity contribution in [1.82, 2.24) is 4.57 Å². The van der Waals surface area contributed by atoms with Crippen molar-refractivity contribution in [2.45, 2.75) is 6.92 Å². The van der Waals surface area contributed by atoms with E-state index in [2.05, 4.69) is 4.99 Å². The summed E-state index contributed by atoms with van der Waals surface area (Å²) in [4.78, 5) is 28.4. The van der Waals surface area contributed by atoms with Crippen molar-refractivity contribution in [1.29, 1.82) is 0 Å². The lowest BCUT2D eigenvalue weighted by atomic mass is 10.1. The van der Waals surface area contributed by atoms with Crippen molar-refractivity contribution in [2.24, 2.45) is 4.99 Å². The van der Waals surface area contributed by atoms with E-state index in [-0.39, 0.29) is 11.7 Å². The molecular formula is C19H12N2O3S2. The van der Waals surface area contributed by atoms with Gasteiger partial charge in [-0.25, -0.2) is 4.99 Å². The Hall–Kier alpha value is -2.90. The molecule has 1 aliphatic rings. The van der Waals surface area contributed by atoms with Crippen LogP contribution in [0.1, 0.15) is 22.2 Å². The monoisotopic (exact) mass is 380 g/mol. The van der Waals surface area contributed by atoms with Crippen LogP contribution in [0.5, 0.6) is 5.88 Å². The molecule has 0 spiro atoms. The molecule has 26 heavy (non-hydrogen) atoms. The summed E-state index contributed by atoms with van der Waals surface area (Å²) in [6, 6.07) is 14.0. The molecule has 0 saturated heterocycles. The van der Waals surface area contributed by atoms with Crippen LogP contribution in [0.4, 0.5) is 0 Å². The van der Waals surface area contributed by atoms with Crippen LogP contribution in [0, 0.1) is 3.95 Å². The summed E-state index contributed by atoms with van der Waals surface area (Å²) < 4.78 is 1.84. The molecule has 1 N–H and O–H groups in total. The van der Waals surface area contributed by atoms with Crippen LogP contribution in [-0.4, -0.2) is 21.4 Å². The number of carbonyl (C=O) groups is 2. The van der Waals surface area contributed by atoms with E-state index in [9.17, 15) is 14.7 Å². The Bertz CT molecular complexity index is 1270. The Morgan fingerprint density at radius 1 is 1.19 bits per heavy atom. The third-order valence-corrected chi connectivity index (χ3v) is 5.51. The second-order valence-electron chi connectivity index (χ2n) is 5.77. The summed E-state index contributed by atoms with van der Waals surface area (Å²) in [5.74, 6) is -0.611. The van der Waals surface area contributed by atoms with Crippen LogP contribution < -0.4 is 10.6 Å². The van der Waals surface area contributed by atoms with Gasteiger partial charge in [0.2, 0.25) is 5.88 Å². The number of hydrogen-bond donors (Lipinski definition) is 1. The Kier molecular flexibility index (Phi) is 3.90. The first kappa shape index (κ1) is 16.6. The van der Waals surface area contributed by atoms with Gasteiger partial charge < -0.3 is 5.11 Å². The molecule has 7 heteroatoms. The molecule has 1 aliphatic heterocycles. The van der Waals surface area contributed by atoms with Gasteiger partial charge in [0.25, 0.3) is 5.91 Å². The standard InChI is InChI=1S/C19H12N2O3S2/c1-10(22)11-5-4-6-12(9-11)21-18(24)16(26-19(21)25)15-13-7-2-3-8-14(13)20-17(15)23/h2-9,24H,1H3. The highest BCUT2D eigenvalue weighted by atomic mass is 32.1. The van der Waals surface area contributed by atoms with E-state index in [1.807, 2.05) is 6.07 Å². The molecular weight excluding hydrogens is 368 g/mol. The highest BCUT2D eigenvalue weighted by Crippen LogP contribution is 2.35. The Labute approximate surface area is 157 Å². The van der Waals surface area contributed by atoms with Crippen LogP contribution in [-0.2, 0) is 4.79 Å². The fraction of sp³-hybridized carbons (Fsp3) is 0.0526. The first-order chi connectivity index (χ1) is 12.5. The second-order valence-corrected chi connectivity index (χ2v) is 7.42. The molecule has 4 rings (SSSR count). The molecule has 2 aromatic carbocycles. The molecule has 0 fully saturated rings. The molecule has 0 atom stereocenters. The topological polar surface area (TPSA) is 71.7 Å². The van der Waals surface area contributed by atoms with Crippen molar-refractivity contribution < 1.29 is 14.7 Å². The van der Waals surface area contributed by atoms with Gasteiger partial charge in [0.1, 0.15) is 4.88 Å². The van der Waals surface area contributed by atoms with E-state index < -0.39 is 5.91 Å². The first-order valence-electron chi connectivity index (χ1n) is 7.76. The number of hydrogen-bond acceptors (Lipinski definition) is 5. The number of nitrogens with zero attached hydrogens (tertiary/aromatic N) is 2. The zero-order chi connectivity index (χ0) is 18.4. The zero-order valence-corrected chi connectivity index (χ0v) is 15.2. The van der Waals surface area contributed by atoms with E-state index in [0.29, 0.717) is 36.2 Å². The Morgan fingerprint density at radius 2 is 1.96 bits per heavy atom. The highest BCUT2D eigenvalue weighted by molar-refractivity contribution is 7.73. The Morgan fingerprint density at radius 3 is 2.73 bits per heavy atom. The largest absolute Gasteiger partial charge is 0.493 e. The van der Waals surface area contributed by atoms with Crippen molar-refractivity contribution >= 4 is 40.8 Å². The van der Waals surface area contributed by atoms with Crippen LogP contribution in [0.3, 0.4) is 0 Å². The van der Waals surface area contributed by atoms with E-state index in [0.717, 1.165) is 11.3 Å². The van der Waals surface area contributed by atoms with E-state index in [4.69, 9.17) is 12.2 Å². The zero-order valence-electron chi connectivity index (χ0n) is 13.6. The van der Waals surface area contributed by atoms with Crippen LogP contribution in [0.2, 0.25) is 0 Å². The van der Waals surface area contributed by atoms with Gasteiger partial charge in [-0.1, -0.05) is 30.3 Å². The third-order valence-electron chi connectivity index (χ3n) is 4.13. The average molecular weight is 380 g/mol. The number of fused-ring (bicyclic) bond motifs is 1. The lowest BCUT2D eigenvalue weighted by molar-refractivity contribution is -0.112. The van der Waals surface area contributed by atoms with Crippen LogP contribution in [0.25, 0.3) is 11.3 Å². The van der Waals surface area contributed by atoms with Gasteiger partial charge in [0.15, 0.2) is 9.74 Å². The van der Waals surface area contributed by atoms with Crippen molar-refractivity contribution in [3.05, 3.63) is 73.5 Å². The minimum atomic E-state index is -0.401. The van der Waals surface area contributed by atoms with Gasteiger partial charge in [-0.15, -0.1) is 11.3 Å². The van der Waals surface area contributed by atoms with Gasteiger partial charge in [-0.05, 0) is 37.3 Å². The predicted octanol–water partition coefficient (Wildman–Crippen LogP) is 2.54. The normalized spacial score (nSPS) is 12.8. The molecule has 0 saturated carbocycles. The number of carbonyl (C=O) groups excluding carboxylic acids is 2. The van der Waals surface area contributed by atoms with Crippen LogP contribution in [0.15, 0.2) is 53.5 Å². The van der Waals surface area contributed by atoms with Gasteiger partial charge in [-0.3, -0.25) is 14.2 Å². The number of ketones is 1. The maximum absolute atomic E-state index is 12.4. The summed E-state index contributed by atoms with van der Waals surface area (Å²) in [5.41, 5.74) is 1.43. The summed E-state index contributed by atoms with van der Waals surface area (Å²) in [6.45, 7) is 1.47. The van der Waals surface area contributed by atoms with Gasteiger partial charge in [-0.2, -0.15) is 0 Å². The first-order valence-corrected chi connectivity index (χ1v) is 8.99. The summed E-state index contributed by atoms with van der Waals surface area (Å²) >= 11 is 6.55. The number of thiazole rings is 1. The number of aromatic hydroxyl groups is 1. The molecule has 0 radical (unpaired) electrons. The van der Waals surface area contributed by atoms with E-state index >= 15 is 0 Å². The quantitative estimate of drug-likeness (QED) is 0.560. The lowest BCUT2D eigenvalue weighted by Gasteiger charge is -2.07. The number of rotatable bonds is 3. The third kappa shape index (κ3) is 2.53. The lowest BCUT2D eigenvalue weighted by Crippen LogP contribution is -2.22. The number of benzene rings is 2. The number of amides is 1. The van der Waals surface area contributed by atoms with Crippen molar-refractivity contribution in [3.63, 3.8) is 0 Å². The van der Waals surface area contributed by atoms with Gasteiger partial charge >= 0.3 is 0 Å². The summed E-state index contributed by atoms with van der Waals surface area (Å²) in [5, 5.41) is 12.1. The summed E-state index contributed by atoms with van der Waals surface area (Å²) in [6.07, 6.45) is 0. The van der Waals surface area contributed by atoms with E-state index in [1.165, 1.54) is 11.5 Å². The van der Waals surface area contributed by atoms with Gasteiger partial charge in [0.05, 0.1) is 16.6 Å². The molecule has 3 aromatic rings. The molecule has 0 bridgehead atoms. The molecule has 5 nitrogen and oxygen atoms in total. The molecule has 2 heterocycles. The number of Topliss-reactive ketones (excluding diaryl/α,β-unsaturated/α-hetero) is 1. The Balaban J connectivity index is 1.97. The maximum Gasteiger partial charge on any atom is 0.279 e. The molecule has 128 valence electrons. The highest BCUT2D eigenvalue weighted by Gasteiger charge is 2.25. The molecule has 0 unspecified atom stereocenters. The fourth-order valence-electron chi connectivity index (χ4n) is 2.90. The van der Waals surface area contributed by atoms with Gasteiger partial charge in [0, 0.05) is 10.8 Å². The fourth-order valence-corrected chi connectivity index (χ4v) is 4.29. The average Bonchev–Trinajstić information content (AvgIpc) is 3.10. The minimum absolute atomic E-state index is 0.0821. The molecule has 0 aliphatic carbocycles. The minimum Gasteiger partial charge on any atom is -0.493 e. The smallest absolute Gasteiger partial charge is 0.279 e. The number of aromatic nitrogens is 1. The maximum atomic E-state index is 12.4. The van der Waals surface area contributed by atoms with Crippen LogP contribution >= 0.6 is 23.6 Å². The SMILES string of the molecule is CC(=O)c1cccc(-n2c(O)c(C3=c4ccccc4=NC3=O)sc2=S)c1. The second kappa shape index (κ2) is 6.12. The molecule has 1 aromatic heterocycles. The van der Waals surface area contributed by atoms with Crippen molar-refractivity contribution in [3.8, 4) is 11.6 Å². The van der Waals surface area contributed by atoms with E-state index in [1.54, 1.807) is 42.5 Å². The number of para-hydroxylation sites is 1. The summed E-state index contributed by atoms with van der Waals surface area (Å²) in [7, 11) is 0. The van der Waals surface area contributed by atoms with Crippen molar-refractivity contribution in [2.75, 3.05) is 0 Å². The molecule has 1 amide bonds. The predicted molar refractivity (Wildman–Crippen MR) is 101 cm³/mol.